The Kier molecular flexibility index (Phi) is 5.43. The highest BCUT2D eigenvalue weighted by atomic mass is 32.2. The predicted octanol–water partition coefficient (Wildman–Crippen LogP) is 2.37. The molecule has 0 spiro atoms. The molecule has 7 nitrogen and oxygen atoms in total. The van der Waals surface area contributed by atoms with E-state index in [2.05, 4.69) is 14.2 Å². The van der Waals surface area contributed by atoms with Gasteiger partial charge in [-0.1, -0.05) is 17.7 Å². The Morgan fingerprint density at radius 1 is 0.920 bits per heavy atom. The van der Waals surface area contributed by atoms with Crippen LogP contribution in [0.5, 0.6) is 0 Å². The molecule has 0 saturated carbocycles. The highest BCUT2D eigenvalue weighted by molar-refractivity contribution is 7.92. The molecule has 2 rings (SSSR count). The average Bonchev–Trinajstić information content (AvgIpc) is 2.61. The van der Waals surface area contributed by atoms with Gasteiger partial charge in [-0.05, 0) is 37.3 Å². The molecule has 0 fully saturated rings. The molecular formula is C17H17NO6S. The van der Waals surface area contributed by atoms with Crippen molar-refractivity contribution in [2.75, 3.05) is 18.9 Å². The molecule has 0 radical (unpaired) electrons. The second kappa shape index (κ2) is 7.35. The fraction of sp³-hybridized carbons (Fsp3) is 0.176. The molecule has 0 aromatic heterocycles. The minimum atomic E-state index is -4.13. The van der Waals surface area contributed by atoms with Crippen LogP contribution in [0.2, 0.25) is 0 Å². The molecule has 0 unspecified atom stereocenters. The monoisotopic (exact) mass is 363 g/mol. The van der Waals surface area contributed by atoms with Gasteiger partial charge in [0.15, 0.2) is 0 Å². The van der Waals surface area contributed by atoms with Crippen LogP contribution < -0.4 is 4.72 Å². The molecule has 25 heavy (non-hydrogen) atoms. The van der Waals surface area contributed by atoms with Gasteiger partial charge < -0.3 is 9.47 Å². The smallest absolute Gasteiger partial charge is 0.339 e. The summed E-state index contributed by atoms with van der Waals surface area (Å²) in [5.74, 6) is -1.55. The summed E-state index contributed by atoms with van der Waals surface area (Å²) >= 11 is 0. The maximum absolute atomic E-state index is 12.7. The molecule has 0 aliphatic carbocycles. The van der Waals surface area contributed by atoms with Gasteiger partial charge >= 0.3 is 11.9 Å². The van der Waals surface area contributed by atoms with Crippen molar-refractivity contribution in [3.8, 4) is 0 Å². The highest BCUT2D eigenvalue weighted by Gasteiger charge is 2.25. The minimum absolute atomic E-state index is 0.000524. The molecule has 132 valence electrons. The minimum Gasteiger partial charge on any atom is -0.465 e. The number of hydrogen-bond donors (Lipinski definition) is 1. The fourth-order valence-electron chi connectivity index (χ4n) is 2.10. The largest absolute Gasteiger partial charge is 0.465 e. The maximum atomic E-state index is 12.7. The zero-order chi connectivity index (χ0) is 18.6. The predicted molar refractivity (Wildman–Crippen MR) is 91.1 cm³/mol. The molecule has 0 heterocycles. The number of sulfonamides is 1. The Morgan fingerprint density at radius 3 is 2.08 bits per heavy atom. The van der Waals surface area contributed by atoms with Crippen LogP contribution in [-0.2, 0) is 19.5 Å². The number of esters is 2. The SMILES string of the molecule is COC(=O)c1ccc(C(=O)OC)c(S(=O)(=O)Nc2ccc(C)cc2)c1. The van der Waals surface area contributed by atoms with Gasteiger partial charge in [0.25, 0.3) is 10.0 Å². The summed E-state index contributed by atoms with van der Waals surface area (Å²) in [6, 6.07) is 10.2. The number of aryl methyl sites for hydroxylation is 1. The fourth-order valence-corrected chi connectivity index (χ4v) is 3.38. The third-order valence-corrected chi connectivity index (χ3v) is 4.82. The zero-order valence-corrected chi connectivity index (χ0v) is 14.7. The first-order valence-corrected chi connectivity index (χ1v) is 8.67. The molecule has 2 aromatic carbocycles. The molecule has 2 aromatic rings. The second-order valence-electron chi connectivity index (χ2n) is 5.17. The lowest BCUT2D eigenvalue weighted by atomic mass is 10.1. The van der Waals surface area contributed by atoms with E-state index in [0.29, 0.717) is 5.69 Å². The lowest BCUT2D eigenvalue weighted by Crippen LogP contribution is -2.18. The number of benzene rings is 2. The first kappa shape index (κ1) is 18.5. The normalized spacial score (nSPS) is 10.8. The first-order valence-electron chi connectivity index (χ1n) is 7.18. The third-order valence-electron chi connectivity index (χ3n) is 3.40. The lowest BCUT2D eigenvalue weighted by Gasteiger charge is -2.12. The summed E-state index contributed by atoms with van der Waals surface area (Å²) in [7, 11) is -1.82. The topological polar surface area (TPSA) is 98.8 Å². The summed E-state index contributed by atoms with van der Waals surface area (Å²) in [5.41, 5.74) is 1.10. The van der Waals surface area contributed by atoms with Gasteiger partial charge in [-0.25, -0.2) is 18.0 Å². The molecule has 0 bridgehead atoms. The summed E-state index contributed by atoms with van der Waals surface area (Å²) < 4.78 is 37.0. The van der Waals surface area contributed by atoms with Crippen LogP contribution >= 0.6 is 0 Å². The molecule has 1 N–H and O–H groups in total. The molecule has 0 saturated heterocycles. The van der Waals surface area contributed by atoms with E-state index in [0.717, 1.165) is 18.7 Å². The van der Waals surface area contributed by atoms with Crippen molar-refractivity contribution < 1.29 is 27.5 Å². The van der Waals surface area contributed by atoms with E-state index < -0.39 is 22.0 Å². The van der Waals surface area contributed by atoms with Gasteiger partial charge in [0, 0.05) is 5.69 Å². The standard InChI is InChI=1S/C17H17NO6S/c1-11-4-7-13(8-5-11)18-25(21,22)15-10-12(16(19)23-2)6-9-14(15)17(20)24-3/h4-10,18H,1-3H3. The highest BCUT2D eigenvalue weighted by Crippen LogP contribution is 2.23. The summed E-state index contributed by atoms with van der Waals surface area (Å²) in [4.78, 5) is 23.2. The van der Waals surface area contributed by atoms with Crippen molar-refractivity contribution in [1.29, 1.82) is 0 Å². The van der Waals surface area contributed by atoms with Crippen molar-refractivity contribution in [3.63, 3.8) is 0 Å². The Balaban J connectivity index is 2.54. The van der Waals surface area contributed by atoms with Crippen molar-refractivity contribution in [1.82, 2.24) is 0 Å². The van der Waals surface area contributed by atoms with Crippen LogP contribution in [0.3, 0.4) is 0 Å². The molecular weight excluding hydrogens is 346 g/mol. The van der Waals surface area contributed by atoms with Gasteiger partial charge in [0.05, 0.1) is 25.3 Å². The van der Waals surface area contributed by atoms with E-state index in [1.165, 1.54) is 19.2 Å². The summed E-state index contributed by atoms with van der Waals surface area (Å²) in [6.07, 6.45) is 0. The van der Waals surface area contributed by atoms with Crippen molar-refractivity contribution in [2.24, 2.45) is 0 Å². The van der Waals surface area contributed by atoms with Crippen LogP contribution in [-0.4, -0.2) is 34.6 Å². The van der Waals surface area contributed by atoms with E-state index in [1.54, 1.807) is 24.3 Å². The number of ether oxygens (including phenoxy) is 2. The van der Waals surface area contributed by atoms with Crippen molar-refractivity contribution >= 4 is 27.6 Å². The van der Waals surface area contributed by atoms with E-state index in [1.807, 2.05) is 6.92 Å². The first-order chi connectivity index (χ1) is 11.8. The molecule has 8 heteroatoms. The van der Waals surface area contributed by atoms with E-state index in [9.17, 15) is 18.0 Å². The number of carbonyl (C=O) groups is 2. The van der Waals surface area contributed by atoms with Gasteiger partial charge in [0.2, 0.25) is 0 Å². The van der Waals surface area contributed by atoms with Crippen LogP contribution in [0, 0.1) is 6.92 Å². The van der Waals surface area contributed by atoms with E-state index >= 15 is 0 Å². The second-order valence-corrected chi connectivity index (χ2v) is 6.82. The van der Waals surface area contributed by atoms with E-state index in [4.69, 9.17) is 0 Å². The van der Waals surface area contributed by atoms with Gasteiger partial charge in [-0.3, -0.25) is 4.72 Å². The number of hydrogen-bond acceptors (Lipinski definition) is 6. The Morgan fingerprint density at radius 2 is 1.52 bits per heavy atom. The number of methoxy groups -OCH3 is 2. The molecule has 0 atom stereocenters. The lowest BCUT2D eigenvalue weighted by molar-refractivity contribution is 0.0583. The average molecular weight is 363 g/mol. The number of carbonyl (C=O) groups excluding carboxylic acids is 2. The van der Waals surface area contributed by atoms with Crippen LogP contribution in [0.25, 0.3) is 0 Å². The van der Waals surface area contributed by atoms with Crippen LogP contribution in [0.4, 0.5) is 5.69 Å². The summed E-state index contributed by atoms with van der Waals surface area (Å²) in [5, 5.41) is 0. The zero-order valence-electron chi connectivity index (χ0n) is 13.9. The van der Waals surface area contributed by atoms with Gasteiger partial charge in [-0.15, -0.1) is 0 Å². The Hall–Kier alpha value is -2.87. The van der Waals surface area contributed by atoms with Crippen LogP contribution in [0.15, 0.2) is 47.4 Å². The van der Waals surface area contributed by atoms with Gasteiger partial charge in [0.1, 0.15) is 4.90 Å². The number of anilines is 1. The van der Waals surface area contributed by atoms with Crippen molar-refractivity contribution in [3.05, 3.63) is 59.2 Å². The third kappa shape index (κ3) is 4.16. The quantitative estimate of drug-likeness (QED) is 0.819. The number of rotatable bonds is 5. The molecule has 0 aliphatic rings. The molecule has 0 aliphatic heterocycles. The van der Waals surface area contributed by atoms with Gasteiger partial charge in [-0.2, -0.15) is 0 Å². The maximum Gasteiger partial charge on any atom is 0.339 e. The summed E-state index contributed by atoms with van der Waals surface area (Å²) in [6.45, 7) is 1.87. The van der Waals surface area contributed by atoms with Crippen LogP contribution in [0.1, 0.15) is 26.3 Å². The van der Waals surface area contributed by atoms with E-state index in [-0.39, 0.29) is 16.0 Å². The Labute approximate surface area is 145 Å². The Bertz CT molecular complexity index is 903. The number of nitrogens with one attached hydrogen (secondary N) is 1. The molecule has 0 amide bonds. The van der Waals surface area contributed by atoms with Crippen molar-refractivity contribution in [2.45, 2.75) is 11.8 Å².